The molecular weight excluding hydrogens is 374 g/mol. The van der Waals surface area contributed by atoms with Gasteiger partial charge in [0.1, 0.15) is 0 Å². The summed E-state index contributed by atoms with van der Waals surface area (Å²) >= 11 is 0. The van der Waals surface area contributed by atoms with Gasteiger partial charge in [-0.25, -0.2) is 4.98 Å². The molecule has 2 aliphatic rings. The van der Waals surface area contributed by atoms with Gasteiger partial charge in [-0.05, 0) is 43.4 Å². The predicted octanol–water partition coefficient (Wildman–Crippen LogP) is 4.12. The first-order valence-corrected chi connectivity index (χ1v) is 11.2. The number of hydrogen-bond acceptors (Lipinski definition) is 4. The highest BCUT2D eigenvalue weighted by molar-refractivity contribution is 5.87. The zero-order valence-corrected chi connectivity index (χ0v) is 17.3. The lowest BCUT2D eigenvalue weighted by Crippen LogP contribution is -2.33. The third-order valence-corrected chi connectivity index (χ3v) is 6.62. The minimum absolute atomic E-state index is 0.260. The number of benzene rings is 1. The molecule has 3 heterocycles. The zero-order valence-electron chi connectivity index (χ0n) is 17.3. The van der Waals surface area contributed by atoms with Crippen molar-refractivity contribution in [2.75, 3.05) is 25.0 Å². The summed E-state index contributed by atoms with van der Waals surface area (Å²) in [5.41, 5.74) is 3.18. The van der Waals surface area contributed by atoms with Gasteiger partial charge in [-0.15, -0.1) is 0 Å². The van der Waals surface area contributed by atoms with E-state index in [1.54, 1.807) is 0 Å². The molecule has 5 rings (SSSR count). The third kappa shape index (κ3) is 3.91. The molecule has 30 heavy (non-hydrogen) atoms. The van der Waals surface area contributed by atoms with Crippen LogP contribution in [0.25, 0.3) is 11.0 Å². The van der Waals surface area contributed by atoms with Gasteiger partial charge in [-0.3, -0.25) is 9.89 Å². The van der Waals surface area contributed by atoms with Crippen LogP contribution in [0.15, 0.2) is 42.5 Å². The molecule has 0 bridgehead atoms. The van der Waals surface area contributed by atoms with Crippen LogP contribution in [0.4, 0.5) is 5.82 Å². The summed E-state index contributed by atoms with van der Waals surface area (Å²) in [6.07, 6.45) is 6.48. The highest BCUT2D eigenvalue weighted by Gasteiger charge is 2.33. The Morgan fingerprint density at radius 2 is 1.93 bits per heavy atom. The lowest BCUT2D eigenvalue weighted by molar-refractivity contribution is -0.134. The average molecular weight is 404 g/mol. The zero-order chi connectivity index (χ0) is 20.3. The van der Waals surface area contributed by atoms with Crippen LogP contribution >= 0.6 is 0 Å². The molecule has 156 valence electrons. The molecule has 0 radical (unpaired) electrons. The Hall–Kier alpha value is -2.89. The molecule has 0 unspecified atom stereocenters. The molecule has 1 aliphatic heterocycles. The summed E-state index contributed by atoms with van der Waals surface area (Å²) in [5, 5.41) is 11.9. The molecule has 3 aromatic rings. The Balaban J connectivity index is 1.22. The second-order valence-electron chi connectivity index (χ2n) is 8.62. The summed E-state index contributed by atoms with van der Waals surface area (Å²) in [5.74, 6) is 1.79. The highest BCUT2D eigenvalue weighted by Crippen LogP contribution is 2.32. The Labute approximate surface area is 177 Å². The number of nitrogens with zero attached hydrogens (tertiary/aromatic N) is 3. The number of amides is 1. The van der Waals surface area contributed by atoms with Gasteiger partial charge in [0.2, 0.25) is 5.91 Å². The number of carbonyl (C=O) groups excluding carboxylic acids is 1. The van der Waals surface area contributed by atoms with Crippen LogP contribution in [0.3, 0.4) is 0 Å². The van der Waals surface area contributed by atoms with Crippen molar-refractivity contribution < 1.29 is 4.79 Å². The number of aromatic amines is 1. The number of nitrogens with one attached hydrogen (secondary N) is 2. The standard InChI is InChI=1S/C24H29N5O/c30-24(18-8-4-5-9-18)29-15-13-19(16-29)21-11-10-20-22(27-28-23(20)26-21)25-14-12-17-6-2-1-3-7-17/h1-3,6-7,10-11,18-19H,4-5,8-9,12-16H2,(H2,25,26,27,28)/t19-/m1/s1. The van der Waals surface area contributed by atoms with E-state index in [2.05, 4.69) is 56.8 Å². The van der Waals surface area contributed by atoms with Gasteiger partial charge >= 0.3 is 0 Å². The van der Waals surface area contributed by atoms with E-state index in [0.29, 0.717) is 11.8 Å². The summed E-state index contributed by atoms with van der Waals surface area (Å²) in [7, 11) is 0. The average Bonchev–Trinajstić information content (AvgIpc) is 3.54. The lowest BCUT2D eigenvalue weighted by atomic mass is 10.0. The van der Waals surface area contributed by atoms with Gasteiger partial charge in [0, 0.05) is 37.2 Å². The van der Waals surface area contributed by atoms with E-state index in [1.807, 2.05) is 6.07 Å². The Kier molecular flexibility index (Phi) is 5.39. The fourth-order valence-corrected chi connectivity index (χ4v) is 4.88. The van der Waals surface area contributed by atoms with Crippen molar-refractivity contribution >= 4 is 22.8 Å². The van der Waals surface area contributed by atoms with Crippen molar-refractivity contribution in [2.45, 2.75) is 44.4 Å². The van der Waals surface area contributed by atoms with Crippen LogP contribution < -0.4 is 5.32 Å². The fourth-order valence-electron chi connectivity index (χ4n) is 4.88. The van der Waals surface area contributed by atoms with E-state index in [4.69, 9.17) is 4.98 Å². The molecule has 1 atom stereocenters. The van der Waals surface area contributed by atoms with Gasteiger partial charge < -0.3 is 10.2 Å². The Bertz CT molecular complexity index is 1010. The lowest BCUT2D eigenvalue weighted by Gasteiger charge is -2.20. The van der Waals surface area contributed by atoms with E-state index >= 15 is 0 Å². The molecule has 6 heteroatoms. The molecule has 1 saturated carbocycles. The first-order valence-electron chi connectivity index (χ1n) is 11.2. The topological polar surface area (TPSA) is 73.9 Å². The van der Waals surface area contributed by atoms with Gasteiger partial charge in [0.05, 0.1) is 5.39 Å². The first kappa shape index (κ1) is 19.1. The van der Waals surface area contributed by atoms with Gasteiger partial charge in [-0.2, -0.15) is 5.10 Å². The molecule has 6 nitrogen and oxygen atoms in total. The monoisotopic (exact) mass is 403 g/mol. The van der Waals surface area contributed by atoms with Crippen LogP contribution in [0.5, 0.6) is 0 Å². The van der Waals surface area contributed by atoms with Crippen molar-refractivity contribution in [2.24, 2.45) is 5.92 Å². The molecule has 1 aliphatic carbocycles. The number of pyridine rings is 1. The number of anilines is 1. The number of carbonyl (C=O) groups is 1. The van der Waals surface area contributed by atoms with Crippen molar-refractivity contribution in [3.8, 4) is 0 Å². The molecule has 2 aromatic heterocycles. The maximum absolute atomic E-state index is 12.7. The SMILES string of the molecule is O=C(C1CCCC1)N1CC[C@@H](c2ccc3c(NCCc4ccccc4)n[nH]c3n2)C1. The smallest absolute Gasteiger partial charge is 0.225 e. The third-order valence-electron chi connectivity index (χ3n) is 6.62. The van der Waals surface area contributed by atoms with Gasteiger partial charge in [-0.1, -0.05) is 43.2 Å². The minimum atomic E-state index is 0.260. The predicted molar refractivity (Wildman–Crippen MR) is 118 cm³/mol. The molecule has 1 saturated heterocycles. The second-order valence-corrected chi connectivity index (χ2v) is 8.62. The van der Waals surface area contributed by atoms with Crippen molar-refractivity contribution in [3.63, 3.8) is 0 Å². The number of H-pyrrole nitrogens is 1. The van der Waals surface area contributed by atoms with E-state index in [9.17, 15) is 4.79 Å². The molecule has 2 N–H and O–H groups in total. The largest absolute Gasteiger partial charge is 0.368 e. The number of likely N-dealkylation sites (tertiary alicyclic amines) is 1. The van der Waals surface area contributed by atoms with E-state index in [1.165, 1.54) is 18.4 Å². The summed E-state index contributed by atoms with van der Waals surface area (Å²) in [6, 6.07) is 14.7. The van der Waals surface area contributed by atoms with Crippen LogP contribution in [0.2, 0.25) is 0 Å². The summed E-state index contributed by atoms with van der Waals surface area (Å²) in [6.45, 7) is 2.48. The summed E-state index contributed by atoms with van der Waals surface area (Å²) in [4.78, 5) is 19.6. The minimum Gasteiger partial charge on any atom is -0.368 e. The van der Waals surface area contributed by atoms with E-state index in [-0.39, 0.29) is 5.92 Å². The number of rotatable bonds is 6. The van der Waals surface area contributed by atoms with Crippen molar-refractivity contribution in [3.05, 3.63) is 53.7 Å². The molecule has 2 fully saturated rings. The van der Waals surface area contributed by atoms with Crippen LogP contribution in [-0.4, -0.2) is 45.6 Å². The first-order chi connectivity index (χ1) is 14.8. The quantitative estimate of drug-likeness (QED) is 0.649. The van der Waals surface area contributed by atoms with Gasteiger partial charge in [0.25, 0.3) is 0 Å². The normalized spacial score (nSPS) is 19.6. The Morgan fingerprint density at radius 3 is 2.77 bits per heavy atom. The van der Waals surface area contributed by atoms with Gasteiger partial charge in [0.15, 0.2) is 11.5 Å². The molecule has 1 aromatic carbocycles. The highest BCUT2D eigenvalue weighted by atomic mass is 16.2. The molecular formula is C24H29N5O. The van der Waals surface area contributed by atoms with Crippen LogP contribution in [0.1, 0.15) is 49.3 Å². The van der Waals surface area contributed by atoms with Crippen molar-refractivity contribution in [1.29, 1.82) is 0 Å². The maximum atomic E-state index is 12.7. The second kappa shape index (κ2) is 8.46. The number of fused-ring (bicyclic) bond motifs is 1. The fraction of sp³-hybridized carbons (Fsp3) is 0.458. The van der Waals surface area contributed by atoms with E-state index < -0.39 is 0 Å². The van der Waals surface area contributed by atoms with E-state index in [0.717, 1.165) is 67.9 Å². The maximum Gasteiger partial charge on any atom is 0.225 e. The molecule has 1 amide bonds. The number of aromatic nitrogens is 3. The van der Waals surface area contributed by atoms with Crippen molar-refractivity contribution in [1.82, 2.24) is 20.1 Å². The summed E-state index contributed by atoms with van der Waals surface area (Å²) < 4.78 is 0. The van der Waals surface area contributed by atoms with Crippen LogP contribution in [-0.2, 0) is 11.2 Å². The Morgan fingerprint density at radius 1 is 1.10 bits per heavy atom. The number of hydrogen-bond donors (Lipinski definition) is 2. The van der Waals surface area contributed by atoms with Crippen LogP contribution in [0, 0.1) is 5.92 Å². The molecule has 0 spiro atoms.